The molecule has 1 unspecified atom stereocenters. The fraction of sp³-hybridized carbons (Fsp3) is 0.143. The molecule has 0 aliphatic rings. The van der Waals surface area contributed by atoms with Crippen molar-refractivity contribution in [3.8, 4) is 0 Å². The number of halogens is 3. The Hall–Kier alpha value is -1.45. The minimum absolute atomic E-state index is 0.242. The molecule has 1 atom stereocenters. The minimum Gasteiger partial charge on any atom is -0.320 e. The summed E-state index contributed by atoms with van der Waals surface area (Å²) in [6.07, 6.45) is 0. The van der Waals surface area contributed by atoms with Crippen LogP contribution in [0.3, 0.4) is 0 Å². The highest BCUT2D eigenvalue weighted by molar-refractivity contribution is 6.31. The molecule has 0 saturated heterocycles. The Balaban J connectivity index is 2.47. The summed E-state index contributed by atoms with van der Waals surface area (Å²) in [5, 5.41) is 0.242. The van der Waals surface area contributed by atoms with Crippen molar-refractivity contribution in [1.82, 2.24) is 0 Å². The Morgan fingerprint density at radius 1 is 1.00 bits per heavy atom. The zero-order chi connectivity index (χ0) is 13.3. The van der Waals surface area contributed by atoms with Crippen LogP contribution < -0.4 is 5.73 Å². The molecular weight excluding hydrogens is 256 g/mol. The van der Waals surface area contributed by atoms with Crippen LogP contribution in [0, 0.1) is 18.6 Å². The topological polar surface area (TPSA) is 26.0 Å². The molecule has 94 valence electrons. The highest BCUT2D eigenvalue weighted by Gasteiger charge is 2.15. The van der Waals surface area contributed by atoms with Crippen molar-refractivity contribution >= 4 is 11.6 Å². The van der Waals surface area contributed by atoms with Crippen LogP contribution in [0.4, 0.5) is 8.78 Å². The lowest BCUT2D eigenvalue weighted by molar-refractivity contribution is 0.621. The van der Waals surface area contributed by atoms with E-state index in [4.69, 9.17) is 17.3 Å². The van der Waals surface area contributed by atoms with E-state index in [1.807, 2.05) is 6.92 Å². The molecule has 0 aromatic heterocycles. The molecule has 1 nitrogen and oxygen atoms in total. The molecule has 2 N–H and O–H groups in total. The van der Waals surface area contributed by atoms with Gasteiger partial charge in [-0.1, -0.05) is 23.7 Å². The first-order valence-corrected chi connectivity index (χ1v) is 5.83. The quantitative estimate of drug-likeness (QED) is 0.875. The van der Waals surface area contributed by atoms with Gasteiger partial charge in [0.15, 0.2) is 0 Å². The van der Waals surface area contributed by atoms with Crippen molar-refractivity contribution in [2.45, 2.75) is 13.0 Å². The lowest BCUT2D eigenvalue weighted by atomic mass is 9.95. The van der Waals surface area contributed by atoms with Crippen LogP contribution in [-0.2, 0) is 0 Å². The lowest BCUT2D eigenvalue weighted by Gasteiger charge is -2.16. The van der Waals surface area contributed by atoms with Crippen molar-refractivity contribution in [2.24, 2.45) is 5.73 Å². The molecule has 2 aromatic carbocycles. The molecule has 0 saturated carbocycles. The summed E-state index contributed by atoms with van der Waals surface area (Å²) in [4.78, 5) is 0. The van der Waals surface area contributed by atoms with Crippen LogP contribution in [0.15, 0.2) is 36.4 Å². The molecule has 18 heavy (non-hydrogen) atoms. The van der Waals surface area contributed by atoms with E-state index < -0.39 is 11.9 Å². The fourth-order valence-electron chi connectivity index (χ4n) is 1.87. The third kappa shape index (κ3) is 2.52. The maximum absolute atomic E-state index is 13.2. The van der Waals surface area contributed by atoms with Crippen LogP contribution in [0.1, 0.15) is 22.7 Å². The first kappa shape index (κ1) is 13.0. The third-order valence-electron chi connectivity index (χ3n) is 2.87. The predicted molar refractivity (Wildman–Crippen MR) is 68.6 cm³/mol. The number of nitrogens with two attached hydrogens (primary N) is 1. The predicted octanol–water partition coefficient (Wildman–Crippen LogP) is 3.97. The second-order valence-corrected chi connectivity index (χ2v) is 4.55. The molecule has 0 spiro atoms. The summed E-state index contributed by atoms with van der Waals surface area (Å²) in [5.74, 6) is -0.781. The Labute approximate surface area is 109 Å². The monoisotopic (exact) mass is 267 g/mol. The molecule has 0 aliphatic heterocycles. The normalized spacial score (nSPS) is 12.5. The molecule has 2 rings (SSSR count). The first-order chi connectivity index (χ1) is 8.49. The van der Waals surface area contributed by atoms with Gasteiger partial charge < -0.3 is 5.73 Å². The van der Waals surface area contributed by atoms with E-state index in [-0.39, 0.29) is 10.8 Å². The summed E-state index contributed by atoms with van der Waals surface area (Å²) in [6, 6.07) is 7.83. The van der Waals surface area contributed by atoms with Gasteiger partial charge in [-0.25, -0.2) is 8.78 Å². The highest BCUT2D eigenvalue weighted by Crippen LogP contribution is 2.29. The second-order valence-electron chi connectivity index (χ2n) is 4.14. The van der Waals surface area contributed by atoms with Crippen molar-refractivity contribution < 1.29 is 8.78 Å². The van der Waals surface area contributed by atoms with Gasteiger partial charge >= 0.3 is 0 Å². The van der Waals surface area contributed by atoms with Gasteiger partial charge in [0.05, 0.1) is 6.04 Å². The molecule has 2 aromatic rings. The average Bonchev–Trinajstić information content (AvgIpc) is 2.31. The Morgan fingerprint density at radius 3 is 2.28 bits per heavy atom. The summed E-state index contributed by atoms with van der Waals surface area (Å²) in [6.45, 7) is 1.84. The number of benzene rings is 2. The zero-order valence-electron chi connectivity index (χ0n) is 9.75. The largest absolute Gasteiger partial charge is 0.320 e. The van der Waals surface area contributed by atoms with E-state index >= 15 is 0 Å². The van der Waals surface area contributed by atoms with Gasteiger partial charge in [0.25, 0.3) is 0 Å². The van der Waals surface area contributed by atoms with Gasteiger partial charge in [-0.15, -0.1) is 0 Å². The van der Waals surface area contributed by atoms with Crippen LogP contribution in [0.2, 0.25) is 5.02 Å². The SMILES string of the molecule is Cc1ccc(F)cc1C(N)c1ccc(F)cc1Cl. The van der Waals surface area contributed by atoms with Crippen LogP contribution >= 0.6 is 11.6 Å². The zero-order valence-corrected chi connectivity index (χ0v) is 10.5. The van der Waals surface area contributed by atoms with Crippen LogP contribution in [-0.4, -0.2) is 0 Å². The first-order valence-electron chi connectivity index (χ1n) is 5.45. The van der Waals surface area contributed by atoms with Gasteiger partial charge in [0.1, 0.15) is 11.6 Å². The molecule has 0 bridgehead atoms. The van der Waals surface area contributed by atoms with E-state index in [0.717, 1.165) is 5.56 Å². The Bertz CT molecular complexity index is 584. The maximum Gasteiger partial charge on any atom is 0.124 e. The second kappa shape index (κ2) is 5.04. The lowest BCUT2D eigenvalue weighted by Crippen LogP contribution is -2.14. The fourth-order valence-corrected chi connectivity index (χ4v) is 2.15. The summed E-state index contributed by atoms with van der Waals surface area (Å²) < 4.78 is 26.2. The number of aryl methyl sites for hydroxylation is 1. The average molecular weight is 268 g/mol. The number of hydrogen-bond acceptors (Lipinski definition) is 1. The highest BCUT2D eigenvalue weighted by atomic mass is 35.5. The molecule has 0 heterocycles. The molecular formula is C14H12ClF2N. The number of hydrogen-bond donors (Lipinski definition) is 1. The van der Waals surface area contributed by atoms with Gasteiger partial charge in [0.2, 0.25) is 0 Å². The van der Waals surface area contributed by atoms with E-state index in [0.29, 0.717) is 11.1 Å². The maximum atomic E-state index is 13.2. The van der Waals surface area contributed by atoms with Crippen molar-refractivity contribution in [3.05, 3.63) is 69.7 Å². The minimum atomic E-state index is -0.575. The third-order valence-corrected chi connectivity index (χ3v) is 3.20. The molecule has 0 aliphatic carbocycles. The van der Waals surface area contributed by atoms with Gasteiger partial charge in [-0.05, 0) is 47.9 Å². The summed E-state index contributed by atoms with van der Waals surface area (Å²) >= 11 is 5.95. The molecule has 0 fully saturated rings. The number of rotatable bonds is 2. The van der Waals surface area contributed by atoms with E-state index in [9.17, 15) is 8.78 Å². The van der Waals surface area contributed by atoms with Crippen molar-refractivity contribution in [2.75, 3.05) is 0 Å². The smallest absolute Gasteiger partial charge is 0.124 e. The molecule has 4 heteroatoms. The summed E-state index contributed by atoms with van der Waals surface area (Å²) in [7, 11) is 0. The van der Waals surface area contributed by atoms with Crippen molar-refractivity contribution in [3.63, 3.8) is 0 Å². The van der Waals surface area contributed by atoms with Crippen LogP contribution in [0.25, 0.3) is 0 Å². The Kier molecular flexibility index (Phi) is 3.64. The van der Waals surface area contributed by atoms with Gasteiger partial charge in [0, 0.05) is 5.02 Å². The molecule has 0 amide bonds. The standard InChI is InChI=1S/C14H12ClF2N/c1-8-2-3-9(16)6-12(8)14(18)11-5-4-10(17)7-13(11)15/h2-7,14H,18H2,1H3. The Morgan fingerprint density at radius 2 is 1.61 bits per heavy atom. The van der Waals surface area contributed by atoms with E-state index in [1.165, 1.54) is 30.3 Å². The van der Waals surface area contributed by atoms with E-state index in [2.05, 4.69) is 0 Å². The van der Waals surface area contributed by atoms with E-state index in [1.54, 1.807) is 6.07 Å². The van der Waals surface area contributed by atoms with Crippen molar-refractivity contribution in [1.29, 1.82) is 0 Å². The van der Waals surface area contributed by atoms with Gasteiger partial charge in [-0.2, -0.15) is 0 Å². The van der Waals surface area contributed by atoms with Gasteiger partial charge in [-0.3, -0.25) is 0 Å². The van der Waals surface area contributed by atoms with Crippen LogP contribution in [0.5, 0.6) is 0 Å². The summed E-state index contributed by atoms with van der Waals surface area (Å²) in [5.41, 5.74) is 8.15. The molecule has 0 radical (unpaired) electrons.